The van der Waals surface area contributed by atoms with Crippen LogP contribution in [-0.4, -0.2) is 73.1 Å². The molecule has 1 unspecified atom stereocenters. The normalized spacial score (nSPS) is 19.1. The molecule has 19 heavy (non-hydrogen) atoms. The van der Waals surface area contributed by atoms with Crippen molar-refractivity contribution in [1.82, 2.24) is 14.7 Å². The van der Waals surface area contributed by atoms with Gasteiger partial charge < -0.3 is 20.4 Å². The zero-order chi connectivity index (χ0) is 14.3. The summed E-state index contributed by atoms with van der Waals surface area (Å²) in [6, 6.07) is 0.193. The highest BCUT2D eigenvalue weighted by Gasteiger charge is 2.22. The lowest BCUT2D eigenvalue weighted by Crippen LogP contribution is -2.44. The molecule has 0 aromatic rings. The van der Waals surface area contributed by atoms with Crippen molar-refractivity contribution in [1.29, 1.82) is 0 Å². The second kappa shape index (κ2) is 8.38. The number of rotatable bonds is 5. The Labute approximate surface area is 117 Å². The lowest BCUT2D eigenvalue weighted by Gasteiger charge is -2.28. The maximum atomic E-state index is 12.3. The summed E-state index contributed by atoms with van der Waals surface area (Å²) in [5.41, 5.74) is 5.68. The van der Waals surface area contributed by atoms with E-state index in [1.807, 2.05) is 23.6 Å². The van der Waals surface area contributed by atoms with Crippen LogP contribution in [0.15, 0.2) is 0 Å². The van der Waals surface area contributed by atoms with Crippen LogP contribution >= 0.6 is 0 Å². The van der Waals surface area contributed by atoms with Crippen molar-refractivity contribution >= 4 is 6.03 Å². The zero-order valence-electron chi connectivity index (χ0n) is 12.8. The Morgan fingerprint density at radius 1 is 1.21 bits per heavy atom. The van der Waals surface area contributed by atoms with Gasteiger partial charge in [0.25, 0.3) is 0 Å². The Hall–Kier alpha value is -0.810. The maximum Gasteiger partial charge on any atom is 0.320 e. The molecule has 5 heteroatoms. The first-order valence-corrected chi connectivity index (χ1v) is 7.58. The van der Waals surface area contributed by atoms with Gasteiger partial charge in [0, 0.05) is 39.3 Å². The van der Waals surface area contributed by atoms with Crippen LogP contribution in [0.3, 0.4) is 0 Å². The summed E-state index contributed by atoms with van der Waals surface area (Å²) in [6.07, 6.45) is 1.06. The highest BCUT2D eigenvalue weighted by atomic mass is 16.2. The van der Waals surface area contributed by atoms with Gasteiger partial charge in [-0.25, -0.2) is 4.79 Å². The van der Waals surface area contributed by atoms with Crippen molar-refractivity contribution in [3.8, 4) is 0 Å². The van der Waals surface area contributed by atoms with Gasteiger partial charge in [-0.1, -0.05) is 6.92 Å². The van der Waals surface area contributed by atoms with E-state index in [0.717, 1.165) is 58.8 Å². The number of hydrogen-bond acceptors (Lipinski definition) is 3. The van der Waals surface area contributed by atoms with Gasteiger partial charge in [0.05, 0.1) is 0 Å². The van der Waals surface area contributed by atoms with Crippen LogP contribution in [0, 0.1) is 5.92 Å². The minimum Gasteiger partial charge on any atom is -0.330 e. The first kappa shape index (κ1) is 16.2. The van der Waals surface area contributed by atoms with E-state index in [1.54, 1.807) is 0 Å². The molecule has 1 aliphatic rings. The van der Waals surface area contributed by atoms with Crippen LogP contribution in [0.1, 0.15) is 27.2 Å². The SMILES string of the molecule is CCN(CC)C(=O)N1CCCN(CC(C)CN)CC1. The van der Waals surface area contributed by atoms with E-state index in [2.05, 4.69) is 11.8 Å². The molecular formula is C14H30N4O. The molecule has 1 aliphatic heterocycles. The topological polar surface area (TPSA) is 52.8 Å². The summed E-state index contributed by atoms with van der Waals surface area (Å²) in [7, 11) is 0. The quantitative estimate of drug-likeness (QED) is 0.812. The van der Waals surface area contributed by atoms with Gasteiger partial charge in [-0.15, -0.1) is 0 Å². The van der Waals surface area contributed by atoms with Crippen molar-refractivity contribution < 1.29 is 4.79 Å². The number of amides is 2. The summed E-state index contributed by atoms with van der Waals surface area (Å²) >= 11 is 0. The smallest absolute Gasteiger partial charge is 0.320 e. The standard InChI is InChI=1S/C14H30N4O/c1-4-17(5-2)14(19)18-8-6-7-16(9-10-18)12-13(3)11-15/h13H,4-12,15H2,1-3H3. The molecule has 1 atom stereocenters. The average Bonchev–Trinajstić information content (AvgIpc) is 2.65. The Kier molecular flexibility index (Phi) is 7.16. The van der Waals surface area contributed by atoms with Gasteiger partial charge in [-0.3, -0.25) is 0 Å². The molecule has 1 heterocycles. The van der Waals surface area contributed by atoms with Gasteiger partial charge >= 0.3 is 6.03 Å². The summed E-state index contributed by atoms with van der Waals surface area (Å²) < 4.78 is 0. The molecule has 5 nitrogen and oxygen atoms in total. The van der Waals surface area contributed by atoms with E-state index in [1.165, 1.54) is 0 Å². The molecule has 0 aromatic heterocycles. The summed E-state index contributed by atoms with van der Waals surface area (Å²) in [4.78, 5) is 18.7. The number of urea groups is 1. The molecule has 0 bridgehead atoms. The van der Waals surface area contributed by atoms with Crippen LogP contribution < -0.4 is 5.73 Å². The van der Waals surface area contributed by atoms with E-state index in [4.69, 9.17) is 5.73 Å². The second-order valence-corrected chi connectivity index (χ2v) is 5.44. The molecule has 0 aromatic carbocycles. The molecule has 0 aliphatic carbocycles. The van der Waals surface area contributed by atoms with Crippen LogP contribution in [0.4, 0.5) is 4.79 Å². The summed E-state index contributed by atoms with van der Waals surface area (Å²) in [6.45, 7) is 13.4. The van der Waals surface area contributed by atoms with Gasteiger partial charge in [0.1, 0.15) is 0 Å². The fourth-order valence-electron chi connectivity index (χ4n) is 2.55. The Balaban J connectivity index is 2.47. The minimum atomic E-state index is 0.193. The lowest BCUT2D eigenvalue weighted by molar-refractivity contribution is 0.157. The molecule has 0 spiro atoms. The van der Waals surface area contributed by atoms with E-state index in [0.29, 0.717) is 5.92 Å². The predicted molar refractivity (Wildman–Crippen MR) is 79.2 cm³/mol. The van der Waals surface area contributed by atoms with Crippen molar-refractivity contribution in [2.24, 2.45) is 11.7 Å². The Morgan fingerprint density at radius 2 is 1.89 bits per heavy atom. The van der Waals surface area contributed by atoms with E-state index >= 15 is 0 Å². The minimum absolute atomic E-state index is 0.193. The Morgan fingerprint density at radius 3 is 2.47 bits per heavy atom. The first-order valence-electron chi connectivity index (χ1n) is 7.58. The molecule has 0 saturated carbocycles. The molecule has 2 amide bonds. The zero-order valence-corrected chi connectivity index (χ0v) is 12.8. The third-order valence-corrected chi connectivity index (χ3v) is 3.87. The molecule has 1 saturated heterocycles. The van der Waals surface area contributed by atoms with Gasteiger partial charge in [-0.05, 0) is 39.3 Å². The summed E-state index contributed by atoms with van der Waals surface area (Å²) in [5, 5.41) is 0. The van der Waals surface area contributed by atoms with Gasteiger partial charge in [0.2, 0.25) is 0 Å². The van der Waals surface area contributed by atoms with Crippen LogP contribution in [0.25, 0.3) is 0 Å². The molecule has 1 rings (SSSR count). The van der Waals surface area contributed by atoms with Crippen LogP contribution in [0.5, 0.6) is 0 Å². The first-order chi connectivity index (χ1) is 9.12. The largest absolute Gasteiger partial charge is 0.330 e. The third-order valence-electron chi connectivity index (χ3n) is 3.87. The van der Waals surface area contributed by atoms with Crippen molar-refractivity contribution in [2.75, 3.05) is 52.4 Å². The molecule has 0 radical (unpaired) electrons. The Bertz CT molecular complexity index is 268. The van der Waals surface area contributed by atoms with Crippen LogP contribution in [0.2, 0.25) is 0 Å². The molecular weight excluding hydrogens is 240 g/mol. The number of carbonyl (C=O) groups is 1. The van der Waals surface area contributed by atoms with E-state index in [9.17, 15) is 4.79 Å². The molecule has 1 fully saturated rings. The highest BCUT2D eigenvalue weighted by molar-refractivity contribution is 5.74. The van der Waals surface area contributed by atoms with Crippen molar-refractivity contribution in [3.05, 3.63) is 0 Å². The number of hydrogen-bond donors (Lipinski definition) is 1. The third kappa shape index (κ3) is 4.99. The monoisotopic (exact) mass is 270 g/mol. The lowest BCUT2D eigenvalue weighted by atomic mass is 10.1. The predicted octanol–water partition coefficient (Wildman–Crippen LogP) is 1.05. The number of carbonyl (C=O) groups excluding carboxylic acids is 1. The molecule has 112 valence electrons. The van der Waals surface area contributed by atoms with Gasteiger partial charge in [-0.2, -0.15) is 0 Å². The van der Waals surface area contributed by atoms with Gasteiger partial charge in [0.15, 0.2) is 0 Å². The second-order valence-electron chi connectivity index (χ2n) is 5.44. The number of nitrogens with two attached hydrogens (primary N) is 1. The molecule has 2 N–H and O–H groups in total. The fourth-order valence-corrected chi connectivity index (χ4v) is 2.55. The van der Waals surface area contributed by atoms with E-state index < -0.39 is 0 Å². The van der Waals surface area contributed by atoms with E-state index in [-0.39, 0.29) is 6.03 Å². The highest BCUT2D eigenvalue weighted by Crippen LogP contribution is 2.08. The summed E-state index contributed by atoms with van der Waals surface area (Å²) in [5.74, 6) is 0.532. The van der Waals surface area contributed by atoms with Crippen molar-refractivity contribution in [3.63, 3.8) is 0 Å². The number of nitrogens with zero attached hydrogens (tertiary/aromatic N) is 3. The fraction of sp³-hybridized carbons (Fsp3) is 0.929. The maximum absolute atomic E-state index is 12.3. The average molecular weight is 270 g/mol. The van der Waals surface area contributed by atoms with Crippen molar-refractivity contribution in [2.45, 2.75) is 27.2 Å². The van der Waals surface area contributed by atoms with Crippen LogP contribution in [-0.2, 0) is 0 Å².